The van der Waals surface area contributed by atoms with Crippen LogP contribution in [0.15, 0.2) is 60.0 Å². The fraction of sp³-hybridized carbons (Fsp3) is 0.250. The summed E-state index contributed by atoms with van der Waals surface area (Å²) < 4.78 is 25.8. The van der Waals surface area contributed by atoms with Gasteiger partial charge in [0.25, 0.3) is 5.69 Å². The van der Waals surface area contributed by atoms with Crippen molar-refractivity contribution in [3.05, 3.63) is 81.2 Å². The third-order valence-corrected chi connectivity index (χ3v) is 6.04. The van der Waals surface area contributed by atoms with Crippen molar-refractivity contribution in [1.82, 2.24) is 9.21 Å². The van der Waals surface area contributed by atoms with Gasteiger partial charge in [0.2, 0.25) is 15.9 Å². The fourth-order valence-electron chi connectivity index (χ4n) is 2.56. The molecule has 0 aliphatic rings. The first kappa shape index (κ1) is 22.3. The predicted octanol–water partition coefficient (Wildman–Crippen LogP) is 3.05. The summed E-state index contributed by atoms with van der Waals surface area (Å²) in [6.45, 7) is 1.37. The minimum absolute atomic E-state index is 0.0686. The zero-order valence-electron chi connectivity index (χ0n) is 16.4. The minimum Gasteiger partial charge on any atom is -0.338 e. The standard InChI is InChI=1S/C20H23N3O5S/c1-16(18-10-7-11-19(14-18)23(25)26)22(3)20(24)15-21(2)29(27,28)13-12-17-8-5-4-6-9-17/h4-14,16H,15H2,1-3H3/b13-12+/t16-/m1/s1. The maximum Gasteiger partial charge on any atom is 0.269 e. The molecule has 0 aliphatic carbocycles. The highest BCUT2D eigenvalue weighted by molar-refractivity contribution is 7.92. The summed E-state index contributed by atoms with van der Waals surface area (Å²) in [7, 11) is -0.918. The summed E-state index contributed by atoms with van der Waals surface area (Å²) in [5.41, 5.74) is 1.25. The first-order valence-electron chi connectivity index (χ1n) is 8.81. The largest absolute Gasteiger partial charge is 0.338 e. The molecule has 154 valence electrons. The van der Waals surface area contributed by atoms with Gasteiger partial charge in [0.05, 0.1) is 17.5 Å². The Labute approximate surface area is 170 Å². The monoisotopic (exact) mass is 417 g/mol. The molecular weight excluding hydrogens is 394 g/mol. The summed E-state index contributed by atoms with van der Waals surface area (Å²) in [4.78, 5) is 24.4. The van der Waals surface area contributed by atoms with E-state index in [-0.39, 0.29) is 12.2 Å². The molecule has 0 aliphatic heterocycles. The molecule has 0 N–H and O–H groups in total. The summed E-state index contributed by atoms with van der Waals surface area (Å²) in [5, 5.41) is 12.0. The van der Waals surface area contributed by atoms with E-state index in [1.165, 1.54) is 37.2 Å². The number of non-ortho nitro benzene ring substituents is 1. The van der Waals surface area contributed by atoms with Crippen molar-refractivity contribution >= 4 is 27.7 Å². The number of hydrogen-bond acceptors (Lipinski definition) is 5. The molecule has 2 aromatic rings. The van der Waals surface area contributed by atoms with E-state index in [2.05, 4.69) is 0 Å². The molecule has 8 nitrogen and oxygen atoms in total. The number of hydrogen-bond donors (Lipinski definition) is 0. The van der Waals surface area contributed by atoms with E-state index in [9.17, 15) is 23.3 Å². The molecule has 0 heterocycles. The molecular formula is C20H23N3O5S. The lowest BCUT2D eigenvalue weighted by Gasteiger charge is -2.27. The zero-order valence-corrected chi connectivity index (χ0v) is 17.2. The number of carbonyl (C=O) groups is 1. The van der Waals surface area contributed by atoms with Crippen LogP contribution in [0.25, 0.3) is 6.08 Å². The molecule has 2 aromatic carbocycles. The van der Waals surface area contributed by atoms with Gasteiger partial charge in [-0.25, -0.2) is 8.42 Å². The lowest BCUT2D eigenvalue weighted by atomic mass is 10.1. The van der Waals surface area contributed by atoms with Gasteiger partial charge in [-0.2, -0.15) is 4.31 Å². The number of benzene rings is 2. The molecule has 29 heavy (non-hydrogen) atoms. The Morgan fingerprint density at radius 3 is 2.41 bits per heavy atom. The van der Waals surface area contributed by atoms with Gasteiger partial charge in [-0.3, -0.25) is 14.9 Å². The first-order chi connectivity index (χ1) is 13.6. The highest BCUT2D eigenvalue weighted by atomic mass is 32.2. The van der Waals surface area contributed by atoms with Gasteiger partial charge in [-0.05, 0) is 24.1 Å². The Kier molecular flexibility index (Phi) is 7.24. The number of sulfonamides is 1. The first-order valence-corrected chi connectivity index (χ1v) is 10.3. The summed E-state index contributed by atoms with van der Waals surface area (Å²) in [6, 6.07) is 14.5. The number of carbonyl (C=O) groups excluding carboxylic acids is 1. The highest BCUT2D eigenvalue weighted by Crippen LogP contribution is 2.23. The van der Waals surface area contributed by atoms with Crippen LogP contribution in [-0.2, 0) is 14.8 Å². The molecule has 0 saturated heterocycles. The van der Waals surface area contributed by atoms with Gasteiger partial charge in [0.1, 0.15) is 0 Å². The van der Waals surface area contributed by atoms with Crippen LogP contribution in [0.4, 0.5) is 5.69 Å². The lowest BCUT2D eigenvalue weighted by Crippen LogP contribution is -2.39. The summed E-state index contributed by atoms with van der Waals surface area (Å²) in [5.74, 6) is -0.428. The third-order valence-electron chi connectivity index (χ3n) is 4.56. The van der Waals surface area contributed by atoms with Crippen LogP contribution in [0.2, 0.25) is 0 Å². The van der Waals surface area contributed by atoms with Crippen molar-refractivity contribution in [2.24, 2.45) is 0 Å². The smallest absolute Gasteiger partial charge is 0.269 e. The second kappa shape index (κ2) is 9.44. The normalized spacial score (nSPS) is 12.8. The average Bonchev–Trinajstić information content (AvgIpc) is 2.71. The number of rotatable bonds is 8. The maximum absolute atomic E-state index is 12.6. The van der Waals surface area contributed by atoms with Crippen LogP contribution in [0.5, 0.6) is 0 Å². The summed E-state index contributed by atoms with van der Waals surface area (Å²) in [6.07, 6.45) is 1.46. The van der Waals surface area contributed by atoms with E-state index in [0.29, 0.717) is 5.56 Å². The van der Waals surface area contributed by atoms with Crippen LogP contribution in [-0.4, -0.2) is 49.1 Å². The highest BCUT2D eigenvalue weighted by Gasteiger charge is 2.24. The van der Waals surface area contributed by atoms with E-state index >= 15 is 0 Å². The van der Waals surface area contributed by atoms with Crippen molar-refractivity contribution in [2.75, 3.05) is 20.6 Å². The van der Waals surface area contributed by atoms with Crippen molar-refractivity contribution in [1.29, 1.82) is 0 Å². The number of nitro groups is 1. The van der Waals surface area contributed by atoms with Gasteiger partial charge in [-0.1, -0.05) is 42.5 Å². The fourth-order valence-corrected chi connectivity index (χ4v) is 3.39. The number of nitrogens with zero attached hydrogens (tertiary/aromatic N) is 3. The van der Waals surface area contributed by atoms with Crippen molar-refractivity contribution < 1.29 is 18.1 Å². The van der Waals surface area contributed by atoms with Crippen LogP contribution in [0.1, 0.15) is 24.1 Å². The van der Waals surface area contributed by atoms with Crippen LogP contribution in [0, 0.1) is 10.1 Å². The molecule has 0 saturated carbocycles. The van der Waals surface area contributed by atoms with Gasteiger partial charge in [0, 0.05) is 31.6 Å². The van der Waals surface area contributed by atoms with Gasteiger partial charge in [-0.15, -0.1) is 0 Å². The van der Waals surface area contributed by atoms with Crippen LogP contribution >= 0.6 is 0 Å². The topological polar surface area (TPSA) is 101 Å². The molecule has 0 bridgehead atoms. The Morgan fingerprint density at radius 1 is 1.14 bits per heavy atom. The van der Waals surface area contributed by atoms with Crippen LogP contribution in [0.3, 0.4) is 0 Å². The van der Waals surface area contributed by atoms with Crippen molar-refractivity contribution in [3.8, 4) is 0 Å². The molecule has 1 atom stereocenters. The average molecular weight is 417 g/mol. The Balaban J connectivity index is 2.06. The predicted molar refractivity (Wildman–Crippen MR) is 111 cm³/mol. The molecule has 0 aromatic heterocycles. The van der Waals surface area contributed by atoms with E-state index in [1.54, 1.807) is 43.3 Å². The Hall–Kier alpha value is -3.04. The molecule has 2 rings (SSSR count). The summed E-state index contributed by atoms with van der Waals surface area (Å²) >= 11 is 0. The molecule has 0 spiro atoms. The Bertz CT molecular complexity index is 1010. The SMILES string of the molecule is C[C@H](c1cccc([N+](=O)[O-])c1)N(C)C(=O)CN(C)S(=O)(=O)/C=C/c1ccccc1. The van der Waals surface area contributed by atoms with E-state index < -0.39 is 26.9 Å². The molecule has 1 amide bonds. The zero-order chi connectivity index (χ0) is 21.6. The maximum atomic E-state index is 12.6. The minimum atomic E-state index is -3.78. The lowest BCUT2D eigenvalue weighted by molar-refractivity contribution is -0.384. The van der Waals surface area contributed by atoms with E-state index in [0.717, 1.165) is 15.3 Å². The number of nitro benzene ring substituents is 1. The molecule has 0 unspecified atom stereocenters. The Morgan fingerprint density at radius 2 is 1.79 bits per heavy atom. The third kappa shape index (κ3) is 5.97. The van der Waals surface area contributed by atoms with Crippen LogP contribution < -0.4 is 0 Å². The molecule has 0 fully saturated rings. The number of likely N-dealkylation sites (N-methyl/N-ethyl adjacent to an activating group) is 2. The number of amides is 1. The van der Waals surface area contributed by atoms with Gasteiger partial charge in [0.15, 0.2) is 0 Å². The quantitative estimate of drug-likeness (QED) is 0.485. The molecule has 9 heteroatoms. The van der Waals surface area contributed by atoms with E-state index in [1.807, 2.05) is 6.07 Å². The van der Waals surface area contributed by atoms with Crippen molar-refractivity contribution in [3.63, 3.8) is 0 Å². The van der Waals surface area contributed by atoms with Crippen molar-refractivity contribution in [2.45, 2.75) is 13.0 Å². The van der Waals surface area contributed by atoms with Gasteiger partial charge < -0.3 is 4.90 Å². The van der Waals surface area contributed by atoms with E-state index in [4.69, 9.17) is 0 Å². The molecule has 0 radical (unpaired) electrons. The van der Waals surface area contributed by atoms with Gasteiger partial charge >= 0.3 is 0 Å². The second-order valence-corrected chi connectivity index (χ2v) is 8.47. The second-order valence-electron chi connectivity index (χ2n) is 6.55.